The summed E-state index contributed by atoms with van der Waals surface area (Å²) in [6.07, 6.45) is 4.10. The number of aromatic nitrogens is 2. The van der Waals surface area contributed by atoms with Crippen LogP contribution in [0.15, 0.2) is 34.9 Å². The third kappa shape index (κ3) is 3.74. The van der Waals surface area contributed by atoms with Gasteiger partial charge in [-0.05, 0) is 53.4 Å². The molecule has 1 aromatic carbocycles. The third-order valence-corrected chi connectivity index (χ3v) is 4.25. The van der Waals surface area contributed by atoms with Crippen LogP contribution in [-0.4, -0.2) is 16.3 Å². The van der Waals surface area contributed by atoms with Crippen LogP contribution in [-0.2, 0) is 6.54 Å². The molecular weight excluding hydrogens is 326 g/mol. The van der Waals surface area contributed by atoms with E-state index in [1.807, 2.05) is 6.20 Å². The summed E-state index contributed by atoms with van der Waals surface area (Å²) in [5, 5.41) is 8.20. The Bertz CT molecular complexity index is 577. The molecule has 1 atom stereocenters. The molecule has 2 rings (SSSR count). The predicted molar refractivity (Wildman–Crippen MR) is 91.5 cm³/mol. The summed E-state index contributed by atoms with van der Waals surface area (Å²) in [5.74, 6) is 0. The van der Waals surface area contributed by atoms with Crippen molar-refractivity contribution in [1.29, 1.82) is 0 Å². The van der Waals surface area contributed by atoms with Gasteiger partial charge in [0.1, 0.15) is 0 Å². The lowest BCUT2D eigenvalue weighted by molar-refractivity contribution is 0.509. The number of halogens is 1. The van der Waals surface area contributed by atoms with Crippen molar-refractivity contribution in [3.05, 3.63) is 51.8 Å². The highest BCUT2D eigenvalue weighted by Gasteiger charge is 2.22. The van der Waals surface area contributed by atoms with Crippen LogP contribution in [0, 0.1) is 6.92 Å². The molecule has 1 N–H and O–H groups in total. The first-order valence-electron chi connectivity index (χ1n) is 7.69. The maximum absolute atomic E-state index is 4.52. The minimum Gasteiger partial charge on any atom is -0.305 e. The Hall–Kier alpha value is -1.13. The van der Waals surface area contributed by atoms with Crippen molar-refractivity contribution < 1.29 is 0 Å². The Balaban J connectivity index is 2.45. The summed E-state index contributed by atoms with van der Waals surface area (Å²) in [6, 6.07) is 8.75. The average molecular weight is 350 g/mol. The number of nitrogens with zero attached hydrogens (tertiary/aromatic N) is 2. The fourth-order valence-electron chi connectivity index (χ4n) is 2.60. The van der Waals surface area contributed by atoms with E-state index in [4.69, 9.17) is 0 Å². The van der Waals surface area contributed by atoms with Crippen LogP contribution in [0.5, 0.6) is 0 Å². The van der Waals surface area contributed by atoms with Gasteiger partial charge in [0.2, 0.25) is 0 Å². The summed E-state index contributed by atoms with van der Waals surface area (Å²) in [7, 11) is 0. The van der Waals surface area contributed by atoms with Gasteiger partial charge in [-0.2, -0.15) is 5.10 Å². The summed E-state index contributed by atoms with van der Waals surface area (Å²) in [4.78, 5) is 0. The Kier molecular flexibility index (Phi) is 6.00. The van der Waals surface area contributed by atoms with E-state index in [9.17, 15) is 0 Å². The number of benzene rings is 1. The zero-order valence-electron chi connectivity index (χ0n) is 13.1. The van der Waals surface area contributed by atoms with Crippen LogP contribution in [0.1, 0.15) is 49.6 Å². The Labute approximate surface area is 135 Å². The van der Waals surface area contributed by atoms with Crippen LogP contribution in [0.25, 0.3) is 0 Å². The van der Waals surface area contributed by atoms with Gasteiger partial charge >= 0.3 is 0 Å². The van der Waals surface area contributed by atoms with Gasteiger partial charge in [0.15, 0.2) is 0 Å². The molecule has 4 heteroatoms. The van der Waals surface area contributed by atoms with Gasteiger partial charge in [-0.1, -0.05) is 38.1 Å². The third-order valence-electron chi connectivity index (χ3n) is 3.64. The summed E-state index contributed by atoms with van der Waals surface area (Å²) < 4.78 is 3.19. The molecule has 114 valence electrons. The van der Waals surface area contributed by atoms with Crippen molar-refractivity contribution >= 4 is 15.9 Å². The predicted octanol–water partition coefficient (Wildman–Crippen LogP) is 4.45. The first kappa shape index (κ1) is 16.2. The van der Waals surface area contributed by atoms with Crippen LogP contribution < -0.4 is 5.32 Å². The van der Waals surface area contributed by atoms with Gasteiger partial charge in [-0.3, -0.25) is 4.68 Å². The molecule has 0 saturated heterocycles. The molecule has 0 radical (unpaired) electrons. The Morgan fingerprint density at radius 2 is 2.00 bits per heavy atom. The topological polar surface area (TPSA) is 29.9 Å². The van der Waals surface area contributed by atoms with Crippen LogP contribution >= 0.6 is 15.9 Å². The number of hydrogen-bond acceptors (Lipinski definition) is 2. The first-order chi connectivity index (χ1) is 10.2. The summed E-state index contributed by atoms with van der Waals surface area (Å²) in [5.41, 5.74) is 3.85. The molecule has 0 aliphatic rings. The maximum Gasteiger partial charge on any atom is 0.0762 e. The molecular formula is C17H24BrN3. The number of hydrogen-bond donors (Lipinski definition) is 1. The van der Waals surface area contributed by atoms with E-state index in [0.717, 1.165) is 30.4 Å². The molecule has 0 saturated carbocycles. The van der Waals surface area contributed by atoms with E-state index in [2.05, 4.69) is 76.1 Å². The lowest BCUT2D eigenvalue weighted by atomic mass is 9.98. The Morgan fingerprint density at radius 1 is 1.24 bits per heavy atom. The zero-order chi connectivity index (χ0) is 15.2. The molecule has 3 nitrogen and oxygen atoms in total. The van der Waals surface area contributed by atoms with Gasteiger partial charge in [0, 0.05) is 6.54 Å². The SMILES string of the molecule is CCCNC(c1ccccc1C)c1c(Br)cnn1CCC. The number of rotatable bonds is 7. The highest BCUT2D eigenvalue weighted by Crippen LogP contribution is 2.30. The van der Waals surface area contributed by atoms with Crippen LogP contribution in [0.2, 0.25) is 0 Å². The van der Waals surface area contributed by atoms with Crippen LogP contribution in [0.4, 0.5) is 0 Å². The second-order valence-corrected chi connectivity index (χ2v) is 6.20. The van der Waals surface area contributed by atoms with Gasteiger partial charge in [-0.15, -0.1) is 0 Å². The second-order valence-electron chi connectivity index (χ2n) is 5.34. The van der Waals surface area contributed by atoms with Crippen molar-refractivity contribution in [2.75, 3.05) is 6.54 Å². The minimum absolute atomic E-state index is 0.176. The summed E-state index contributed by atoms with van der Waals surface area (Å²) in [6.45, 7) is 8.48. The normalized spacial score (nSPS) is 12.6. The molecule has 0 aliphatic heterocycles. The fourth-order valence-corrected chi connectivity index (χ4v) is 3.13. The molecule has 1 unspecified atom stereocenters. The van der Waals surface area contributed by atoms with E-state index in [-0.39, 0.29) is 6.04 Å². The van der Waals surface area contributed by atoms with Crippen LogP contribution in [0.3, 0.4) is 0 Å². The summed E-state index contributed by atoms with van der Waals surface area (Å²) >= 11 is 3.68. The van der Waals surface area contributed by atoms with Crippen molar-refractivity contribution in [3.63, 3.8) is 0 Å². The fraction of sp³-hybridized carbons (Fsp3) is 0.471. The maximum atomic E-state index is 4.52. The first-order valence-corrected chi connectivity index (χ1v) is 8.48. The highest BCUT2D eigenvalue weighted by molar-refractivity contribution is 9.10. The van der Waals surface area contributed by atoms with E-state index in [1.165, 1.54) is 16.8 Å². The van der Waals surface area contributed by atoms with Crippen molar-refractivity contribution in [3.8, 4) is 0 Å². The number of nitrogens with one attached hydrogen (secondary N) is 1. The van der Waals surface area contributed by atoms with Gasteiger partial charge in [-0.25, -0.2) is 0 Å². The highest BCUT2D eigenvalue weighted by atomic mass is 79.9. The van der Waals surface area contributed by atoms with E-state index in [0.29, 0.717) is 0 Å². The van der Waals surface area contributed by atoms with Crippen molar-refractivity contribution in [2.24, 2.45) is 0 Å². The molecule has 0 spiro atoms. The zero-order valence-corrected chi connectivity index (χ0v) is 14.7. The minimum atomic E-state index is 0.176. The van der Waals surface area contributed by atoms with Crippen molar-refractivity contribution in [1.82, 2.24) is 15.1 Å². The molecule has 0 fully saturated rings. The molecule has 1 heterocycles. The van der Waals surface area contributed by atoms with Gasteiger partial charge in [0.05, 0.1) is 22.4 Å². The number of aryl methyl sites for hydroxylation is 2. The average Bonchev–Trinajstić information content (AvgIpc) is 2.83. The lowest BCUT2D eigenvalue weighted by Crippen LogP contribution is -2.27. The monoisotopic (exact) mass is 349 g/mol. The smallest absolute Gasteiger partial charge is 0.0762 e. The van der Waals surface area contributed by atoms with E-state index >= 15 is 0 Å². The van der Waals surface area contributed by atoms with E-state index < -0.39 is 0 Å². The second kappa shape index (κ2) is 7.76. The van der Waals surface area contributed by atoms with Gasteiger partial charge in [0.25, 0.3) is 0 Å². The molecule has 0 bridgehead atoms. The van der Waals surface area contributed by atoms with Gasteiger partial charge < -0.3 is 5.32 Å². The molecule has 0 amide bonds. The molecule has 0 aliphatic carbocycles. The van der Waals surface area contributed by atoms with Crippen molar-refractivity contribution in [2.45, 2.75) is 46.2 Å². The standard InChI is InChI=1S/C17H24BrN3/c1-4-10-19-16(14-9-7-6-8-13(14)3)17-15(18)12-20-21(17)11-5-2/h6-9,12,16,19H,4-5,10-11H2,1-3H3. The quantitative estimate of drug-likeness (QED) is 0.799. The molecule has 21 heavy (non-hydrogen) atoms. The molecule has 1 aromatic heterocycles. The largest absolute Gasteiger partial charge is 0.305 e. The molecule has 2 aromatic rings. The Morgan fingerprint density at radius 3 is 2.67 bits per heavy atom. The lowest BCUT2D eigenvalue weighted by Gasteiger charge is -2.23. The van der Waals surface area contributed by atoms with E-state index in [1.54, 1.807) is 0 Å².